The third-order valence-electron chi connectivity index (χ3n) is 4.51. The number of sulfonamides is 1. The van der Waals surface area contributed by atoms with Crippen molar-refractivity contribution < 1.29 is 22.5 Å². The third-order valence-corrected chi connectivity index (χ3v) is 6.40. The second kappa shape index (κ2) is 8.64. The number of nitrogens with zero attached hydrogens (tertiary/aromatic N) is 3. The number of anilines is 1. The van der Waals surface area contributed by atoms with Crippen molar-refractivity contribution in [3.05, 3.63) is 64.5 Å². The summed E-state index contributed by atoms with van der Waals surface area (Å²) < 4.78 is 39.8. The zero-order valence-electron chi connectivity index (χ0n) is 15.3. The van der Waals surface area contributed by atoms with Gasteiger partial charge in [-0.25, -0.2) is 12.8 Å². The van der Waals surface area contributed by atoms with Crippen molar-refractivity contribution in [2.24, 2.45) is 0 Å². The summed E-state index contributed by atoms with van der Waals surface area (Å²) in [5, 5.41) is 13.5. The summed E-state index contributed by atoms with van der Waals surface area (Å²) in [6, 6.07) is 10.7. The molecule has 0 saturated carbocycles. The van der Waals surface area contributed by atoms with Crippen LogP contribution in [0, 0.1) is 15.9 Å². The number of nitrogens with one attached hydrogen (secondary N) is 1. The smallest absolute Gasteiger partial charge is 0.292 e. The number of halogens is 1. The van der Waals surface area contributed by atoms with E-state index in [-0.39, 0.29) is 35.9 Å². The van der Waals surface area contributed by atoms with Gasteiger partial charge in [-0.05, 0) is 24.3 Å². The van der Waals surface area contributed by atoms with E-state index in [2.05, 4.69) is 5.32 Å². The molecule has 154 valence electrons. The molecule has 2 aromatic carbocycles. The van der Waals surface area contributed by atoms with Crippen LogP contribution in [0.2, 0.25) is 0 Å². The predicted octanol–water partition coefficient (Wildman–Crippen LogP) is 1.68. The van der Waals surface area contributed by atoms with Gasteiger partial charge in [-0.2, -0.15) is 4.31 Å². The largest absolute Gasteiger partial charge is 0.319 e. The molecule has 0 bridgehead atoms. The lowest BCUT2D eigenvalue weighted by Gasteiger charge is -2.33. The van der Waals surface area contributed by atoms with Crippen LogP contribution < -0.4 is 5.32 Å². The first-order chi connectivity index (χ1) is 13.8. The zero-order chi connectivity index (χ0) is 21.0. The number of nitro groups is 1. The lowest BCUT2D eigenvalue weighted by Crippen LogP contribution is -2.50. The van der Waals surface area contributed by atoms with Crippen LogP contribution in [-0.2, 0) is 14.8 Å². The molecule has 1 heterocycles. The van der Waals surface area contributed by atoms with E-state index in [0.29, 0.717) is 13.1 Å². The molecule has 3 rings (SSSR count). The molecule has 1 aliphatic heterocycles. The molecular formula is C18H19FN4O5S. The van der Waals surface area contributed by atoms with E-state index >= 15 is 0 Å². The van der Waals surface area contributed by atoms with Gasteiger partial charge >= 0.3 is 0 Å². The Bertz CT molecular complexity index is 1020. The van der Waals surface area contributed by atoms with Gasteiger partial charge in [-0.1, -0.05) is 18.2 Å². The van der Waals surface area contributed by atoms with E-state index in [9.17, 15) is 27.7 Å². The first-order valence-electron chi connectivity index (χ1n) is 8.79. The topological polar surface area (TPSA) is 113 Å². The van der Waals surface area contributed by atoms with Gasteiger partial charge in [0.2, 0.25) is 15.9 Å². The van der Waals surface area contributed by atoms with Crippen LogP contribution in [0.5, 0.6) is 0 Å². The minimum atomic E-state index is -3.81. The van der Waals surface area contributed by atoms with Crippen molar-refractivity contribution in [2.75, 3.05) is 38.0 Å². The van der Waals surface area contributed by atoms with Crippen LogP contribution in [0.1, 0.15) is 0 Å². The van der Waals surface area contributed by atoms with E-state index < -0.39 is 26.7 Å². The van der Waals surface area contributed by atoms with Crippen molar-refractivity contribution >= 4 is 27.3 Å². The molecule has 0 atom stereocenters. The fourth-order valence-corrected chi connectivity index (χ4v) is 4.49. The maximum atomic E-state index is 13.3. The van der Waals surface area contributed by atoms with E-state index in [0.717, 1.165) is 6.07 Å². The first kappa shape index (κ1) is 20.8. The summed E-state index contributed by atoms with van der Waals surface area (Å²) in [6.45, 7) is 0.882. The normalized spacial score (nSPS) is 15.8. The van der Waals surface area contributed by atoms with Gasteiger partial charge in [0.25, 0.3) is 5.69 Å². The Morgan fingerprint density at radius 2 is 1.79 bits per heavy atom. The van der Waals surface area contributed by atoms with E-state index in [1.165, 1.54) is 40.7 Å². The molecule has 29 heavy (non-hydrogen) atoms. The predicted molar refractivity (Wildman–Crippen MR) is 103 cm³/mol. The molecule has 0 spiro atoms. The van der Waals surface area contributed by atoms with Crippen LogP contribution >= 0.6 is 0 Å². The SMILES string of the molecule is O=C(CN1CCN(S(=O)(=O)c2cccc(F)c2)CC1)Nc1ccccc1[N+](=O)[O-]. The molecule has 1 saturated heterocycles. The van der Waals surface area contributed by atoms with Gasteiger partial charge in [0.15, 0.2) is 0 Å². The number of hydrogen-bond acceptors (Lipinski definition) is 6. The van der Waals surface area contributed by atoms with Crippen LogP contribution in [0.15, 0.2) is 53.4 Å². The van der Waals surface area contributed by atoms with Crippen molar-refractivity contribution in [1.82, 2.24) is 9.21 Å². The van der Waals surface area contributed by atoms with Gasteiger partial charge in [-0.15, -0.1) is 0 Å². The molecule has 1 N–H and O–H groups in total. The lowest BCUT2D eigenvalue weighted by molar-refractivity contribution is -0.383. The van der Waals surface area contributed by atoms with E-state index in [1.807, 2.05) is 0 Å². The Kier molecular flexibility index (Phi) is 6.20. The quantitative estimate of drug-likeness (QED) is 0.560. The molecule has 1 fully saturated rings. The lowest BCUT2D eigenvalue weighted by atomic mass is 10.2. The fourth-order valence-electron chi connectivity index (χ4n) is 3.04. The third kappa shape index (κ3) is 4.94. The average Bonchev–Trinajstić information content (AvgIpc) is 2.68. The minimum absolute atomic E-state index is 0.0279. The summed E-state index contributed by atoms with van der Waals surface area (Å²) in [4.78, 5) is 24.3. The van der Waals surface area contributed by atoms with Gasteiger partial charge in [0.1, 0.15) is 11.5 Å². The highest BCUT2D eigenvalue weighted by molar-refractivity contribution is 7.89. The number of benzene rings is 2. The highest BCUT2D eigenvalue weighted by Gasteiger charge is 2.29. The molecule has 0 radical (unpaired) electrons. The number of amides is 1. The Hall–Kier alpha value is -2.89. The Balaban J connectivity index is 1.57. The van der Waals surface area contributed by atoms with Crippen LogP contribution in [0.4, 0.5) is 15.8 Å². The van der Waals surface area contributed by atoms with Gasteiger partial charge in [-0.3, -0.25) is 19.8 Å². The van der Waals surface area contributed by atoms with Crippen LogP contribution in [0.25, 0.3) is 0 Å². The summed E-state index contributed by atoms with van der Waals surface area (Å²) in [6.07, 6.45) is 0. The van der Waals surface area contributed by atoms with Crippen molar-refractivity contribution in [3.8, 4) is 0 Å². The molecule has 1 amide bonds. The van der Waals surface area contributed by atoms with Crippen LogP contribution in [-0.4, -0.2) is 61.2 Å². The Labute approximate surface area is 166 Å². The second-order valence-corrected chi connectivity index (χ2v) is 8.40. The molecule has 1 aliphatic rings. The second-order valence-electron chi connectivity index (χ2n) is 6.46. The van der Waals surface area contributed by atoms with E-state index in [1.54, 1.807) is 11.0 Å². The highest BCUT2D eigenvalue weighted by Crippen LogP contribution is 2.23. The number of carbonyl (C=O) groups is 1. The average molecular weight is 422 g/mol. The highest BCUT2D eigenvalue weighted by atomic mass is 32.2. The number of nitro benzene ring substituents is 1. The molecule has 9 nitrogen and oxygen atoms in total. The summed E-state index contributed by atoms with van der Waals surface area (Å²) in [7, 11) is -3.81. The minimum Gasteiger partial charge on any atom is -0.319 e. The zero-order valence-corrected chi connectivity index (χ0v) is 16.1. The monoisotopic (exact) mass is 422 g/mol. The number of piperazine rings is 1. The van der Waals surface area contributed by atoms with Crippen molar-refractivity contribution in [3.63, 3.8) is 0 Å². The van der Waals surface area contributed by atoms with Crippen molar-refractivity contribution in [1.29, 1.82) is 0 Å². The standard InChI is InChI=1S/C18H19FN4O5S/c19-14-4-3-5-15(12-14)29(27,28)22-10-8-21(9-11-22)13-18(24)20-16-6-1-2-7-17(16)23(25)26/h1-7,12H,8-11,13H2,(H,20,24). The maximum Gasteiger partial charge on any atom is 0.292 e. The van der Waals surface area contributed by atoms with E-state index in [4.69, 9.17) is 0 Å². The summed E-state index contributed by atoms with van der Waals surface area (Å²) in [5.74, 6) is -1.06. The maximum absolute atomic E-state index is 13.3. The van der Waals surface area contributed by atoms with Gasteiger partial charge in [0, 0.05) is 32.2 Å². The Morgan fingerprint density at radius 3 is 2.45 bits per heavy atom. The summed E-state index contributed by atoms with van der Waals surface area (Å²) in [5.41, 5.74) is -0.0957. The molecular weight excluding hydrogens is 403 g/mol. The molecule has 0 aliphatic carbocycles. The molecule has 0 aromatic heterocycles. The Morgan fingerprint density at radius 1 is 1.10 bits per heavy atom. The first-order valence-corrected chi connectivity index (χ1v) is 10.2. The van der Waals surface area contributed by atoms with Gasteiger partial charge < -0.3 is 5.32 Å². The number of hydrogen-bond donors (Lipinski definition) is 1. The molecule has 0 unspecified atom stereocenters. The number of carbonyl (C=O) groups excluding carboxylic acids is 1. The number of para-hydroxylation sites is 2. The van der Waals surface area contributed by atoms with Crippen molar-refractivity contribution in [2.45, 2.75) is 4.90 Å². The summed E-state index contributed by atoms with van der Waals surface area (Å²) >= 11 is 0. The molecule has 11 heteroatoms. The van der Waals surface area contributed by atoms with Gasteiger partial charge in [0.05, 0.1) is 16.4 Å². The number of rotatable bonds is 6. The molecule has 2 aromatic rings. The van der Waals surface area contributed by atoms with Crippen LogP contribution in [0.3, 0.4) is 0 Å². The fraction of sp³-hybridized carbons (Fsp3) is 0.278.